The maximum atomic E-state index is 8.03. The summed E-state index contributed by atoms with van der Waals surface area (Å²) in [5.74, 6) is 0. The summed E-state index contributed by atoms with van der Waals surface area (Å²) in [6.07, 6.45) is 0.788. The van der Waals surface area contributed by atoms with Crippen LogP contribution in [-0.4, -0.2) is 15.4 Å². The van der Waals surface area contributed by atoms with E-state index in [1.807, 2.05) is 19.1 Å². The molecule has 30 heavy (non-hydrogen) atoms. The van der Waals surface area contributed by atoms with Gasteiger partial charge in [-0.25, -0.2) is 0 Å². The molecule has 0 aliphatic heterocycles. The molecule has 1 heteroatoms. The van der Waals surface area contributed by atoms with E-state index in [1.165, 1.54) is 0 Å². The van der Waals surface area contributed by atoms with Gasteiger partial charge in [0, 0.05) is 4.11 Å². The van der Waals surface area contributed by atoms with E-state index in [4.69, 9.17) is 12.3 Å². The third-order valence-electron chi connectivity index (χ3n) is 4.88. The molecule has 0 spiro atoms. The fourth-order valence-electron chi connectivity index (χ4n) is 3.74. The van der Waals surface area contributed by atoms with Gasteiger partial charge in [-0.3, -0.25) is 0 Å². The van der Waals surface area contributed by atoms with Crippen LogP contribution in [0.1, 0.15) is 83.2 Å². The molecule has 0 heterocycles. The van der Waals surface area contributed by atoms with Crippen LogP contribution in [-0.2, 0) is 18.1 Å². The van der Waals surface area contributed by atoms with Gasteiger partial charge in [0.1, 0.15) is 0 Å². The zero-order chi connectivity index (χ0) is 29.4. The molecule has 3 aromatic carbocycles. The number of rotatable bonds is 6. The Hall–Kier alpha value is -1.80. The Kier molecular flexibility index (Phi) is 4.33. The Balaban J connectivity index is 2.03. The van der Waals surface area contributed by atoms with E-state index in [1.54, 1.807) is 36.4 Å². The quantitative estimate of drug-likeness (QED) is 0.330. The molecule has 0 unspecified atom stereocenters. The number of benzene rings is 3. The molecule has 0 aliphatic carbocycles. The Morgan fingerprint density at radius 1 is 0.600 bits per heavy atom. The summed E-state index contributed by atoms with van der Waals surface area (Å²) in [7, 11) is 0. The molecule has 0 saturated carbocycles. The van der Waals surface area contributed by atoms with Crippen LogP contribution in [0.15, 0.2) is 54.6 Å². The molecule has 0 saturated heterocycles. The van der Waals surface area contributed by atoms with Crippen molar-refractivity contribution in [2.45, 2.75) is 70.6 Å². The fraction of sp³-hybridized carbons (Fsp3) is 0.379. The van der Waals surface area contributed by atoms with Crippen molar-refractivity contribution in [2.24, 2.45) is 0 Å². The molecular formula is C29H36Ge. The molecule has 3 aromatic rings. The molecule has 0 fully saturated rings. The van der Waals surface area contributed by atoms with Crippen LogP contribution in [0.25, 0.3) is 0 Å². The monoisotopic (exact) mass is 467 g/mol. The summed E-state index contributed by atoms with van der Waals surface area (Å²) in [4.78, 5) is 0. The van der Waals surface area contributed by atoms with Gasteiger partial charge >= 0.3 is 179 Å². The second kappa shape index (κ2) is 9.56. The first-order chi connectivity index (χ1) is 17.7. The summed E-state index contributed by atoms with van der Waals surface area (Å²) in [5, 5.41) is 0.875. The predicted molar refractivity (Wildman–Crippen MR) is 133 cm³/mol. The summed E-state index contributed by atoms with van der Waals surface area (Å²) < 4.78 is 71.6. The van der Waals surface area contributed by atoms with Crippen LogP contribution < -0.4 is 0 Å². The van der Waals surface area contributed by atoms with Crippen LogP contribution in [0, 0.1) is 27.5 Å². The van der Waals surface area contributed by atoms with E-state index in [0.717, 1.165) is 38.6 Å². The normalized spacial score (nSPS) is 17.4. The van der Waals surface area contributed by atoms with Gasteiger partial charge in [-0.15, -0.1) is 0 Å². The van der Waals surface area contributed by atoms with Gasteiger partial charge in [0.15, 0.2) is 0 Å². The van der Waals surface area contributed by atoms with E-state index in [2.05, 4.69) is 26.8 Å². The van der Waals surface area contributed by atoms with Gasteiger partial charge in [-0.05, 0) is 13.8 Å². The summed E-state index contributed by atoms with van der Waals surface area (Å²) in [5.41, 5.74) is 5.81. The van der Waals surface area contributed by atoms with E-state index < -0.39 is 20.6 Å². The van der Waals surface area contributed by atoms with E-state index in [9.17, 15) is 0 Å². The van der Waals surface area contributed by atoms with E-state index in [-0.39, 0.29) is 30.8 Å². The minimum absolute atomic E-state index is 0.213. The Morgan fingerprint density at radius 2 is 1.00 bits per heavy atom. The van der Waals surface area contributed by atoms with Crippen molar-refractivity contribution in [1.82, 2.24) is 0 Å². The van der Waals surface area contributed by atoms with Crippen LogP contribution in [0.4, 0.5) is 0 Å². The van der Waals surface area contributed by atoms with Crippen LogP contribution in [0.5, 0.6) is 0 Å². The third kappa shape index (κ3) is 7.16. The molecule has 0 amide bonds. The van der Waals surface area contributed by atoms with Gasteiger partial charge in [-0.1, -0.05) is 6.07 Å². The fourth-order valence-corrected chi connectivity index (χ4v) is 5.71. The molecular weight excluding hydrogens is 421 g/mol. The zero-order valence-corrected chi connectivity index (χ0v) is 20.4. The van der Waals surface area contributed by atoms with Gasteiger partial charge in [0.05, 0.1) is 0 Å². The van der Waals surface area contributed by atoms with Crippen molar-refractivity contribution in [2.75, 3.05) is 0 Å². The molecule has 0 aromatic heterocycles. The minimum atomic E-state index is -2.31. The number of aryl methyl sites for hydroxylation is 4. The van der Waals surface area contributed by atoms with Crippen molar-refractivity contribution in [3.8, 4) is 0 Å². The average Bonchev–Trinajstić information content (AvgIpc) is 2.75. The number of hydrogen-bond donors (Lipinski definition) is 0. The third-order valence-corrected chi connectivity index (χ3v) is 8.33. The molecule has 0 N–H and O–H groups in total. The summed E-state index contributed by atoms with van der Waals surface area (Å²) in [6, 6.07) is 16.0. The Bertz CT molecular complexity index is 1310. The first-order valence-corrected chi connectivity index (χ1v) is 12.9. The molecule has 3 rings (SSSR count). The maximum absolute atomic E-state index is 8.03. The second-order valence-corrected chi connectivity index (χ2v) is 13.9. The first-order valence-electron chi connectivity index (χ1n) is 14.8. The van der Waals surface area contributed by atoms with E-state index >= 15 is 0 Å². The average molecular weight is 466 g/mol. The first kappa shape index (κ1) is 13.6. The molecule has 0 aliphatic rings. The Morgan fingerprint density at radius 3 is 1.50 bits per heavy atom. The summed E-state index contributed by atoms with van der Waals surface area (Å²) >= 11 is -0.337. The van der Waals surface area contributed by atoms with Crippen LogP contribution in [0.2, 0.25) is 4.25 Å². The van der Waals surface area contributed by atoms with Crippen molar-refractivity contribution in [1.29, 1.82) is 0 Å². The molecule has 0 bridgehead atoms. The molecule has 0 nitrogen and oxygen atoms in total. The Labute approximate surface area is 203 Å². The molecule has 156 valence electrons. The van der Waals surface area contributed by atoms with Crippen LogP contribution in [0.3, 0.4) is 0 Å². The standard InChI is InChI=1S/C29H36Ge/c1-20-8-21(2)10-24(9-20)15-25-11-22(3)12-26(16-25)17-27-13-23(4)14-28(18-27)19-30-29(5,6)7/h8-14,16,18H,15,17,19H2,1-7H3/i1D3,3D3,4D3. The van der Waals surface area contributed by atoms with Crippen LogP contribution >= 0.6 is 0 Å². The predicted octanol–water partition coefficient (Wildman–Crippen LogP) is 7.52. The zero-order valence-electron chi connectivity index (χ0n) is 27.3. The second-order valence-electron chi connectivity index (χ2n) is 9.24. The SMILES string of the molecule is [2H]C([2H])([2H])c1cc(C)cc(Cc2cc(Cc3cc([CH2][Ge][C](C)(C)C)cc(C([2H])([2H])[2H])c3)cc(C([2H])([2H])[2H])c2)c1. The van der Waals surface area contributed by atoms with Gasteiger partial charge in [-0.2, -0.15) is 0 Å². The molecule has 0 atom stereocenters. The van der Waals surface area contributed by atoms with Gasteiger partial charge in [0.25, 0.3) is 0 Å². The van der Waals surface area contributed by atoms with Crippen molar-refractivity contribution >= 4 is 15.4 Å². The van der Waals surface area contributed by atoms with Crippen molar-refractivity contribution in [3.63, 3.8) is 0 Å². The van der Waals surface area contributed by atoms with Gasteiger partial charge < -0.3 is 0 Å². The topological polar surface area (TPSA) is 0 Å². The van der Waals surface area contributed by atoms with Gasteiger partial charge in [0.2, 0.25) is 0 Å². The molecule has 2 radical (unpaired) electrons. The van der Waals surface area contributed by atoms with Crippen molar-refractivity contribution < 1.29 is 12.3 Å². The summed E-state index contributed by atoms with van der Waals surface area (Å²) in [6.45, 7) is 1.69. The number of hydrogen-bond acceptors (Lipinski definition) is 0. The van der Waals surface area contributed by atoms with E-state index in [0.29, 0.717) is 18.4 Å². The van der Waals surface area contributed by atoms with Crippen molar-refractivity contribution in [3.05, 3.63) is 105 Å².